The number of ether oxygens (including phenoxy) is 2. The van der Waals surface area contributed by atoms with E-state index in [1.54, 1.807) is 0 Å². The first-order valence-corrected chi connectivity index (χ1v) is 9.38. The third kappa shape index (κ3) is 10.9. The van der Waals surface area contributed by atoms with E-state index in [0.717, 1.165) is 32.1 Å². The second-order valence-electron chi connectivity index (χ2n) is 9.01. The Bertz CT molecular complexity index is 398. The number of carbonyl (C=O) groups is 2. The molecule has 2 amide bonds. The molecule has 6 heteroatoms. The van der Waals surface area contributed by atoms with E-state index in [1.807, 2.05) is 41.5 Å². The second kappa shape index (κ2) is 9.30. The molecule has 0 aromatic rings. The standard InChI is InChI=1S/C19H36N2O4/c1-18(2,3)24-16(22)20-12-14-8-7-9-15(11-10-14)13-21-17(23)25-19(4,5)6/h14-15H,7-13H2,1-6H3,(H,20,22)(H,21,23). The van der Waals surface area contributed by atoms with Crippen LogP contribution < -0.4 is 10.6 Å². The molecule has 0 aromatic heterocycles. The molecule has 1 aliphatic carbocycles. The summed E-state index contributed by atoms with van der Waals surface area (Å²) < 4.78 is 10.5. The van der Waals surface area contributed by atoms with Gasteiger partial charge in [-0.1, -0.05) is 6.42 Å². The second-order valence-corrected chi connectivity index (χ2v) is 9.01. The monoisotopic (exact) mass is 356 g/mol. The lowest BCUT2D eigenvalue weighted by atomic mass is 9.98. The third-order valence-corrected chi connectivity index (χ3v) is 4.08. The Balaban J connectivity index is 2.27. The maximum atomic E-state index is 11.7. The van der Waals surface area contributed by atoms with E-state index in [2.05, 4.69) is 10.6 Å². The number of amides is 2. The topological polar surface area (TPSA) is 76.7 Å². The molecular formula is C19H36N2O4. The van der Waals surface area contributed by atoms with E-state index >= 15 is 0 Å². The van der Waals surface area contributed by atoms with Gasteiger partial charge in [-0.15, -0.1) is 0 Å². The SMILES string of the molecule is CC(C)(C)OC(=O)NCC1CCCC(CNC(=O)OC(C)(C)C)CC1. The molecule has 1 aliphatic rings. The van der Waals surface area contributed by atoms with Gasteiger partial charge in [0.25, 0.3) is 0 Å². The average Bonchev–Trinajstić information content (AvgIpc) is 2.64. The molecule has 6 nitrogen and oxygen atoms in total. The van der Waals surface area contributed by atoms with Gasteiger partial charge in [-0.2, -0.15) is 0 Å². The molecule has 0 saturated heterocycles. The van der Waals surface area contributed by atoms with Gasteiger partial charge in [0.1, 0.15) is 11.2 Å². The van der Waals surface area contributed by atoms with Gasteiger partial charge in [-0.25, -0.2) is 9.59 Å². The van der Waals surface area contributed by atoms with Gasteiger partial charge in [-0.3, -0.25) is 0 Å². The van der Waals surface area contributed by atoms with Crippen LogP contribution in [-0.2, 0) is 9.47 Å². The first-order chi connectivity index (χ1) is 11.4. The van der Waals surface area contributed by atoms with Crippen LogP contribution in [0, 0.1) is 11.8 Å². The van der Waals surface area contributed by atoms with Crippen LogP contribution >= 0.6 is 0 Å². The third-order valence-electron chi connectivity index (χ3n) is 4.08. The highest BCUT2D eigenvalue weighted by Crippen LogP contribution is 2.26. The smallest absolute Gasteiger partial charge is 0.407 e. The van der Waals surface area contributed by atoms with Gasteiger partial charge < -0.3 is 20.1 Å². The predicted molar refractivity (Wildman–Crippen MR) is 98.5 cm³/mol. The number of alkyl carbamates (subject to hydrolysis) is 2. The van der Waals surface area contributed by atoms with Gasteiger partial charge in [0, 0.05) is 13.1 Å². The normalized spacial score (nSPS) is 21.8. The van der Waals surface area contributed by atoms with Gasteiger partial charge in [0.15, 0.2) is 0 Å². The molecule has 0 heterocycles. The number of nitrogens with one attached hydrogen (secondary N) is 2. The fourth-order valence-corrected chi connectivity index (χ4v) is 2.95. The molecule has 146 valence electrons. The molecule has 0 aromatic carbocycles. The van der Waals surface area contributed by atoms with Crippen molar-refractivity contribution in [3.8, 4) is 0 Å². The molecule has 25 heavy (non-hydrogen) atoms. The van der Waals surface area contributed by atoms with Crippen LogP contribution in [0.25, 0.3) is 0 Å². The van der Waals surface area contributed by atoms with Gasteiger partial charge >= 0.3 is 12.2 Å². The van der Waals surface area contributed by atoms with Crippen molar-refractivity contribution >= 4 is 12.2 Å². The zero-order valence-corrected chi connectivity index (χ0v) is 16.7. The molecule has 1 rings (SSSR count). The quantitative estimate of drug-likeness (QED) is 0.739. The van der Waals surface area contributed by atoms with Gasteiger partial charge in [0.2, 0.25) is 0 Å². The van der Waals surface area contributed by atoms with E-state index in [-0.39, 0.29) is 12.2 Å². The highest BCUT2D eigenvalue weighted by atomic mass is 16.6. The Kier molecular flexibility index (Phi) is 8.03. The zero-order chi connectivity index (χ0) is 19.1. The molecule has 0 radical (unpaired) electrons. The Morgan fingerprint density at radius 1 is 0.760 bits per heavy atom. The number of hydrogen-bond acceptors (Lipinski definition) is 4. The molecule has 1 fully saturated rings. The summed E-state index contributed by atoms with van der Waals surface area (Å²) in [5.74, 6) is 0.943. The number of carbonyl (C=O) groups excluding carboxylic acids is 2. The Morgan fingerprint density at radius 2 is 1.12 bits per heavy atom. The number of hydrogen-bond donors (Lipinski definition) is 2. The molecular weight excluding hydrogens is 320 g/mol. The van der Waals surface area contributed by atoms with E-state index in [1.165, 1.54) is 0 Å². The lowest BCUT2D eigenvalue weighted by Crippen LogP contribution is -2.35. The molecule has 2 unspecified atom stereocenters. The molecule has 0 bridgehead atoms. The molecule has 0 aliphatic heterocycles. The van der Waals surface area contributed by atoms with Crippen molar-refractivity contribution in [3.05, 3.63) is 0 Å². The summed E-state index contributed by atoms with van der Waals surface area (Å²) in [6.07, 6.45) is 4.71. The minimum atomic E-state index is -0.466. The first kappa shape index (κ1) is 21.6. The first-order valence-electron chi connectivity index (χ1n) is 9.38. The summed E-state index contributed by atoms with van der Waals surface area (Å²) in [5, 5.41) is 5.75. The predicted octanol–water partition coefficient (Wildman–Crippen LogP) is 4.23. The van der Waals surface area contributed by atoms with Crippen molar-refractivity contribution in [3.63, 3.8) is 0 Å². The maximum absolute atomic E-state index is 11.7. The summed E-state index contributed by atoms with van der Waals surface area (Å²) in [7, 11) is 0. The maximum Gasteiger partial charge on any atom is 0.407 e. The zero-order valence-electron chi connectivity index (χ0n) is 16.7. The molecule has 1 saturated carbocycles. The minimum absolute atomic E-state index is 0.347. The lowest BCUT2D eigenvalue weighted by Gasteiger charge is -2.22. The fourth-order valence-electron chi connectivity index (χ4n) is 2.95. The average molecular weight is 357 g/mol. The fraction of sp³-hybridized carbons (Fsp3) is 0.895. The molecule has 0 spiro atoms. The summed E-state index contributed by atoms with van der Waals surface area (Å²) in [4.78, 5) is 23.5. The van der Waals surface area contributed by atoms with Crippen LogP contribution in [0.3, 0.4) is 0 Å². The summed E-state index contributed by atoms with van der Waals surface area (Å²) in [5.41, 5.74) is -0.933. The van der Waals surface area contributed by atoms with Crippen LogP contribution in [0.1, 0.15) is 73.6 Å². The van der Waals surface area contributed by atoms with Crippen molar-refractivity contribution in [2.24, 2.45) is 11.8 Å². The van der Waals surface area contributed by atoms with E-state index in [4.69, 9.17) is 9.47 Å². The van der Waals surface area contributed by atoms with Crippen molar-refractivity contribution in [1.29, 1.82) is 0 Å². The van der Waals surface area contributed by atoms with Gasteiger partial charge in [-0.05, 0) is 79.1 Å². The van der Waals surface area contributed by atoms with Crippen molar-refractivity contribution in [1.82, 2.24) is 10.6 Å². The summed E-state index contributed by atoms with van der Waals surface area (Å²) in [6.45, 7) is 12.5. The highest BCUT2D eigenvalue weighted by Gasteiger charge is 2.22. The van der Waals surface area contributed by atoms with Crippen LogP contribution in [-0.4, -0.2) is 36.5 Å². The summed E-state index contributed by atoms with van der Waals surface area (Å²) >= 11 is 0. The highest BCUT2D eigenvalue weighted by molar-refractivity contribution is 5.68. The Labute approximate surface area is 152 Å². The van der Waals surface area contributed by atoms with Crippen LogP contribution in [0.15, 0.2) is 0 Å². The van der Waals surface area contributed by atoms with Crippen molar-refractivity contribution in [2.75, 3.05) is 13.1 Å². The van der Waals surface area contributed by atoms with E-state index < -0.39 is 11.2 Å². The van der Waals surface area contributed by atoms with Crippen LogP contribution in [0.5, 0.6) is 0 Å². The Hall–Kier alpha value is -1.46. The van der Waals surface area contributed by atoms with E-state index in [9.17, 15) is 9.59 Å². The molecule has 2 atom stereocenters. The Morgan fingerprint density at radius 3 is 1.44 bits per heavy atom. The minimum Gasteiger partial charge on any atom is -0.444 e. The van der Waals surface area contributed by atoms with Gasteiger partial charge in [0.05, 0.1) is 0 Å². The lowest BCUT2D eigenvalue weighted by molar-refractivity contribution is 0.0503. The van der Waals surface area contributed by atoms with Crippen molar-refractivity contribution in [2.45, 2.75) is 84.8 Å². The molecule has 2 N–H and O–H groups in total. The number of rotatable bonds is 4. The summed E-state index contributed by atoms with van der Waals surface area (Å²) in [6, 6.07) is 0. The van der Waals surface area contributed by atoms with Crippen LogP contribution in [0.2, 0.25) is 0 Å². The van der Waals surface area contributed by atoms with E-state index in [0.29, 0.717) is 24.9 Å². The van der Waals surface area contributed by atoms with Crippen molar-refractivity contribution < 1.29 is 19.1 Å². The van der Waals surface area contributed by atoms with Crippen LogP contribution in [0.4, 0.5) is 9.59 Å². The largest absolute Gasteiger partial charge is 0.444 e.